The van der Waals surface area contributed by atoms with Crippen LogP contribution in [-0.4, -0.2) is 24.5 Å². The molecule has 1 aromatic heterocycles. The average molecular weight is 527 g/mol. The van der Waals surface area contributed by atoms with Gasteiger partial charge in [-0.05, 0) is 0 Å². The molecule has 0 bridgehead atoms. The molecule has 1 heterocycles. The molecular formula is C29H30BF4NOS. The molecular weight excluding hydrogens is 497 g/mol. The predicted molar refractivity (Wildman–Crippen MR) is 146 cm³/mol. The van der Waals surface area contributed by atoms with Crippen LogP contribution in [-0.2, 0) is 11.3 Å². The summed E-state index contributed by atoms with van der Waals surface area (Å²) in [6.45, 7) is 6.37. The second kappa shape index (κ2) is 13.0. The maximum atomic E-state index is 14.3. The molecule has 0 radical (unpaired) electrons. The van der Waals surface area contributed by atoms with Crippen molar-refractivity contribution in [1.29, 1.82) is 0 Å². The van der Waals surface area contributed by atoms with Crippen molar-refractivity contribution in [2.45, 2.75) is 59.2 Å². The molecule has 0 fully saturated rings. The van der Waals surface area contributed by atoms with E-state index in [9.17, 15) is 22.4 Å². The van der Waals surface area contributed by atoms with Gasteiger partial charge in [0.25, 0.3) is 0 Å². The van der Waals surface area contributed by atoms with Crippen LogP contribution in [0.4, 0.5) is 17.6 Å². The fraction of sp³-hybridized carbons (Fsp3) is 0.310. The quantitative estimate of drug-likeness (QED) is 0.162. The SMILES string of the molecule is C\C=C(/C=C(\C(C)=B/C(C(=O)NCc1cccs1)=C(\C)C1=CCCCC1)C(F)(F)F)c1cccc(F)c1. The molecule has 194 valence electrons. The summed E-state index contributed by atoms with van der Waals surface area (Å²) in [5, 5.41) is 4.76. The third kappa shape index (κ3) is 7.99. The fourth-order valence-corrected chi connectivity index (χ4v) is 4.89. The van der Waals surface area contributed by atoms with Gasteiger partial charge in [-0.2, -0.15) is 0 Å². The van der Waals surface area contributed by atoms with Gasteiger partial charge >= 0.3 is 221 Å². The Morgan fingerprint density at radius 3 is 2.54 bits per heavy atom. The summed E-state index contributed by atoms with van der Waals surface area (Å²) in [7, 11) is 0. The van der Waals surface area contributed by atoms with E-state index in [0.717, 1.165) is 42.2 Å². The van der Waals surface area contributed by atoms with E-state index in [1.807, 2.05) is 17.5 Å². The minimum absolute atomic E-state index is 0.0970. The van der Waals surface area contributed by atoms with Gasteiger partial charge in [0.05, 0.1) is 0 Å². The van der Waals surface area contributed by atoms with Crippen LogP contribution < -0.4 is 5.32 Å². The zero-order valence-electron chi connectivity index (χ0n) is 21.2. The first-order valence-electron chi connectivity index (χ1n) is 12.2. The summed E-state index contributed by atoms with van der Waals surface area (Å²) >= 11 is 1.50. The van der Waals surface area contributed by atoms with Gasteiger partial charge < -0.3 is 0 Å². The van der Waals surface area contributed by atoms with Crippen molar-refractivity contribution in [3.8, 4) is 0 Å². The van der Waals surface area contributed by atoms with Crippen molar-refractivity contribution in [1.82, 2.24) is 5.32 Å². The first-order valence-corrected chi connectivity index (χ1v) is 13.1. The molecule has 1 aromatic carbocycles. The molecule has 1 aliphatic carbocycles. The summed E-state index contributed by atoms with van der Waals surface area (Å²) in [6.07, 6.45) is 3.60. The summed E-state index contributed by atoms with van der Waals surface area (Å²) in [6, 6.07) is 9.22. The fourth-order valence-electron chi connectivity index (χ4n) is 4.24. The molecule has 0 atom stereocenters. The molecule has 1 amide bonds. The van der Waals surface area contributed by atoms with Crippen LogP contribution in [0.25, 0.3) is 5.57 Å². The first-order chi connectivity index (χ1) is 17.6. The van der Waals surface area contributed by atoms with Crippen LogP contribution in [0.1, 0.15) is 56.9 Å². The minimum atomic E-state index is -4.68. The number of hydrogen-bond donors (Lipinski definition) is 1. The van der Waals surface area contributed by atoms with Crippen LogP contribution >= 0.6 is 11.3 Å². The van der Waals surface area contributed by atoms with E-state index < -0.39 is 23.5 Å². The van der Waals surface area contributed by atoms with E-state index in [1.165, 1.54) is 49.5 Å². The molecule has 2 nitrogen and oxygen atoms in total. The van der Waals surface area contributed by atoms with E-state index in [4.69, 9.17) is 0 Å². The number of hydrogen-bond acceptors (Lipinski definition) is 2. The zero-order valence-corrected chi connectivity index (χ0v) is 22.0. The molecule has 3 rings (SSSR count). The summed E-state index contributed by atoms with van der Waals surface area (Å²) in [5.74, 6) is -0.954. The Kier molecular flexibility index (Phi) is 10.0. The molecule has 1 aliphatic rings. The number of thiophene rings is 1. The molecule has 0 aliphatic heterocycles. The monoisotopic (exact) mass is 527 g/mol. The number of nitrogens with one attached hydrogen (secondary N) is 1. The first kappa shape index (κ1) is 28.6. The number of carbonyl (C=O) groups is 1. The molecule has 2 aromatic rings. The third-order valence-corrected chi connectivity index (χ3v) is 7.16. The molecule has 1 N–H and O–H groups in total. The molecule has 8 heteroatoms. The molecule has 0 saturated heterocycles. The van der Waals surface area contributed by atoms with Gasteiger partial charge in [-0.25, -0.2) is 0 Å². The molecule has 0 saturated carbocycles. The van der Waals surface area contributed by atoms with Gasteiger partial charge in [0.2, 0.25) is 0 Å². The summed E-state index contributed by atoms with van der Waals surface area (Å²) in [4.78, 5) is 14.2. The molecule has 0 spiro atoms. The van der Waals surface area contributed by atoms with Crippen LogP contribution in [0.15, 0.2) is 82.2 Å². The number of allylic oxidation sites excluding steroid dienone is 7. The van der Waals surface area contributed by atoms with E-state index in [2.05, 4.69) is 11.4 Å². The Morgan fingerprint density at radius 2 is 1.95 bits per heavy atom. The van der Waals surface area contributed by atoms with Gasteiger partial charge in [-0.3, -0.25) is 0 Å². The predicted octanol–water partition coefficient (Wildman–Crippen LogP) is 7.77. The Morgan fingerprint density at radius 1 is 1.16 bits per heavy atom. The van der Waals surface area contributed by atoms with Gasteiger partial charge in [-0.1, -0.05) is 0 Å². The Labute approximate surface area is 220 Å². The van der Waals surface area contributed by atoms with Crippen molar-refractivity contribution in [2.75, 3.05) is 0 Å². The number of amides is 1. The molecule has 0 unspecified atom stereocenters. The zero-order chi connectivity index (χ0) is 27.0. The Bertz CT molecular complexity index is 1270. The van der Waals surface area contributed by atoms with Crippen molar-refractivity contribution in [3.05, 3.63) is 98.5 Å². The van der Waals surface area contributed by atoms with E-state index in [0.29, 0.717) is 17.7 Å². The Balaban J connectivity index is 2.06. The normalized spacial score (nSPS) is 16.1. The van der Waals surface area contributed by atoms with Crippen molar-refractivity contribution >= 4 is 35.2 Å². The second-order valence-corrected chi connectivity index (χ2v) is 9.95. The van der Waals surface area contributed by atoms with Crippen molar-refractivity contribution < 1.29 is 22.4 Å². The van der Waals surface area contributed by atoms with Crippen molar-refractivity contribution in [2.24, 2.45) is 0 Å². The third-order valence-electron chi connectivity index (χ3n) is 6.28. The van der Waals surface area contributed by atoms with Gasteiger partial charge in [0.15, 0.2) is 0 Å². The number of halogens is 4. The van der Waals surface area contributed by atoms with Crippen LogP contribution in [0.3, 0.4) is 0 Å². The number of alkyl halides is 3. The standard InChI is InChI=1S/C29H30BF4NOS/c1-4-21(23-12-8-13-24(31)16-23)17-26(29(32,33)34)20(3)30-27(19(2)22-10-6-5-7-11-22)28(36)35-18-25-14-9-15-37-25/h4,8-10,12-17H,5-7,11,18H2,1-3H3,(H,35,36)/b21-4+,26-17+,27-19+. The van der Waals surface area contributed by atoms with E-state index in [1.54, 1.807) is 19.9 Å². The Hall–Kier alpha value is -3.00. The van der Waals surface area contributed by atoms with Gasteiger partial charge in [0, 0.05) is 0 Å². The topological polar surface area (TPSA) is 29.1 Å². The van der Waals surface area contributed by atoms with Gasteiger partial charge in [-0.15, -0.1) is 0 Å². The maximum absolute atomic E-state index is 14.3. The van der Waals surface area contributed by atoms with Crippen LogP contribution in [0.5, 0.6) is 0 Å². The summed E-state index contributed by atoms with van der Waals surface area (Å²) < 4.78 is 56.6. The second-order valence-electron chi connectivity index (χ2n) is 8.91. The number of carbonyl (C=O) groups excluding carboxylic acids is 1. The van der Waals surface area contributed by atoms with E-state index in [-0.39, 0.29) is 16.5 Å². The van der Waals surface area contributed by atoms with Gasteiger partial charge in [0.1, 0.15) is 0 Å². The van der Waals surface area contributed by atoms with Crippen molar-refractivity contribution in [3.63, 3.8) is 0 Å². The molecule has 37 heavy (non-hydrogen) atoms. The number of benzene rings is 1. The number of rotatable bonds is 8. The van der Waals surface area contributed by atoms with Crippen LogP contribution in [0, 0.1) is 5.82 Å². The average Bonchev–Trinajstić information content (AvgIpc) is 3.39. The van der Waals surface area contributed by atoms with Crippen LogP contribution in [0.2, 0.25) is 0 Å². The van der Waals surface area contributed by atoms with E-state index >= 15 is 0 Å². The summed E-state index contributed by atoms with van der Waals surface area (Å²) in [5.41, 5.74) is 1.47.